The van der Waals surface area contributed by atoms with Gasteiger partial charge in [-0.05, 0) is 53.7 Å². The van der Waals surface area contributed by atoms with Crippen LogP contribution in [0, 0.1) is 0 Å². The van der Waals surface area contributed by atoms with Gasteiger partial charge < -0.3 is 4.74 Å². The first-order valence-electron chi connectivity index (χ1n) is 7.49. The fourth-order valence-corrected chi connectivity index (χ4v) is 3.48. The largest absolute Gasteiger partial charge is 0.497 e. The van der Waals surface area contributed by atoms with Crippen molar-refractivity contribution in [3.63, 3.8) is 0 Å². The van der Waals surface area contributed by atoms with Crippen LogP contribution in [0.4, 0.5) is 23.7 Å². The van der Waals surface area contributed by atoms with Crippen LogP contribution in [-0.2, 0) is 11.0 Å². The van der Waals surface area contributed by atoms with Crippen molar-refractivity contribution >= 4 is 46.3 Å². The van der Waals surface area contributed by atoms with E-state index >= 15 is 0 Å². The lowest BCUT2D eigenvalue weighted by atomic mass is 10.1. The van der Waals surface area contributed by atoms with E-state index in [1.165, 1.54) is 19.3 Å². The van der Waals surface area contributed by atoms with Gasteiger partial charge in [0.25, 0.3) is 11.1 Å². The number of carbonyl (C=O) groups is 2. The van der Waals surface area contributed by atoms with Crippen molar-refractivity contribution in [1.82, 2.24) is 0 Å². The van der Waals surface area contributed by atoms with Crippen LogP contribution in [0.15, 0.2) is 47.4 Å². The minimum Gasteiger partial charge on any atom is -0.497 e. The zero-order valence-electron chi connectivity index (χ0n) is 13.7. The van der Waals surface area contributed by atoms with Crippen LogP contribution in [0.2, 0.25) is 5.02 Å². The zero-order chi connectivity index (χ0) is 19.8. The molecular formula is C18H11ClF3NO3S. The summed E-state index contributed by atoms with van der Waals surface area (Å²) in [7, 11) is 1.52. The number of hydrogen-bond donors (Lipinski definition) is 0. The SMILES string of the molecule is COc1ccc(/C=C2\SC(=O)N(c3ccc(Cl)c(C(F)(F)F)c3)C2=O)cc1. The maximum atomic E-state index is 13.0. The lowest BCUT2D eigenvalue weighted by Crippen LogP contribution is -2.28. The molecule has 3 rings (SSSR count). The Morgan fingerprint density at radius 2 is 1.78 bits per heavy atom. The molecule has 1 saturated heterocycles. The Bertz CT molecular complexity index is 942. The average Bonchev–Trinajstić information content (AvgIpc) is 2.89. The molecule has 9 heteroatoms. The molecular weight excluding hydrogens is 403 g/mol. The number of benzene rings is 2. The normalized spacial score (nSPS) is 16.3. The third-order valence-electron chi connectivity index (χ3n) is 3.72. The molecule has 140 valence electrons. The second kappa shape index (κ2) is 7.28. The highest BCUT2D eigenvalue weighted by molar-refractivity contribution is 8.19. The number of hydrogen-bond acceptors (Lipinski definition) is 4. The van der Waals surface area contributed by atoms with E-state index in [0.29, 0.717) is 34.0 Å². The molecule has 27 heavy (non-hydrogen) atoms. The second-order valence-electron chi connectivity index (χ2n) is 5.45. The first-order chi connectivity index (χ1) is 12.7. The Kier molecular flexibility index (Phi) is 5.21. The van der Waals surface area contributed by atoms with Crippen molar-refractivity contribution in [2.75, 3.05) is 12.0 Å². The topological polar surface area (TPSA) is 46.6 Å². The molecule has 0 aromatic heterocycles. The van der Waals surface area contributed by atoms with Crippen LogP contribution in [0.5, 0.6) is 5.75 Å². The molecule has 0 radical (unpaired) electrons. The number of nitrogens with zero attached hydrogens (tertiary/aromatic N) is 1. The molecule has 0 unspecified atom stereocenters. The molecule has 0 aliphatic carbocycles. The lowest BCUT2D eigenvalue weighted by Gasteiger charge is -2.16. The molecule has 0 spiro atoms. The van der Waals surface area contributed by atoms with Crippen LogP contribution in [0.1, 0.15) is 11.1 Å². The summed E-state index contributed by atoms with van der Waals surface area (Å²) in [5.41, 5.74) is -0.652. The number of carbonyl (C=O) groups excluding carboxylic acids is 2. The second-order valence-corrected chi connectivity index (χ2v) is 6.85. The number of thioether (sulfide) groups is 1. The molecule has 1 aliphatic rings. The maximum Gasteiger partial charge on any atom is 0.417 e. The minimum atomic E-state index is -4.70. The van der Waals surface area contributed by atoms with Crippen molar-refractivity contribution < 1.29 is 27.5 Å². The summed E-state index contributed by atoms with van der Waals surface area (Å²) in [6.07, 6.45) is -3.21. The standard InChI is InChI=1S/C18H11ClF3NO3S/c1-26-12-5-2-10(3-6-12)8-15-16(24)23(17(25)27-15)11-4-7-14(19)13(9-11)18(20,21)22/h2-9H,1H3/b15-8-. The molecule has 1 fully saturated rings. The molecule has 0 saturated carbocycles. The molecule has 2 aromatic rings. The van der Waals surface area contributed by atoms with Crippen LogP contribution in [0.25, 0.3) is 6.08 Å². The first-order valence-corrected chi connectivity index (χ1v) is 8.69. The molecule has 1 aliphatic heterocycles. The molecule has 2 amide bonds. The van der Waals surface area contributed by atoms with E-state index in [9.17, 15) is 22.8 Å². The van der Waals surface area contributed by atoms with Crippen LogP contribution >= 0.6 is 23.4 Å². The van der Waals surface area contributed by atoms with E-state index in [1.54, 1.807) is 24.3 Å². The maximum absolute atomic E-state index is 13.0. The van der Waals surface area contributed by atoms with Crippen molar-refractivity contribution in [2.24, 2.45) is 0 Å². The summed E-state index contributed by atoms with van der Waals surface area (Å²) in [4.78, 5) is 25.6. The Balaban J connectivity index is 1.93. The summed E-state index contributed by atoms with van der Waals surface area (Å²) in [5, 5.41) is -1.19. The number of amides is 2. The van der Waals surface area contributed by atoms with Crippen LogP contribution < -0.4 is 9.64 Å². The highest BCUT2D eigenvalue weighted by Gasteiger charge is 2.39. The smallest absolute Gasteiger partial charge is 0.417 e. The van der Waals surface area contributed by atoms with Gasteiger partial charge in [0.2, 0.25) is 0 Å². The summed E-state index contributed by atoms with van der Waals surface area (Å²) in [6, 6.07) is 9.65. The fourth-order valence-electron chi connectivity index (χ4n) is 2.41. The van der Waals surface area contributed by atoms with E-state index in [1.807, 2.05) is 0 Å². The monoisotopic (exact) mass is 413 g/mol. The van der Waals surface area contributed by atoms with Gasteiger partial charge in [0, 0.05) is 0 Å². The van der Waals surface area contributed by atoms with Gasteiger partial charge in [0.15, 0.2) is 0 Å². The molecule has 0 N–H and O–H groups in total. The third-order valence-corrected chi connectivity index (χ3v) is 4.92. The summed E-state index contributed by atoms with van der Waals surface area (Å²) < 4.78 is 44.2. The Labute approximate surface area is 161 Å². The fraction of sp³-hybridized carbons (Fsp3) is 0.111. The molecule has 0 bridgehead atoms. The molecule has 4 nitrogen and oxygen atoms in total. The van der Waals surface area contributed by atoms with Crippen molar-refractivity contribution in [1.29, 1.82) is 0 Å². The van der Waals surface area contributed by atoms with Gasteiger partial charge in [-0.2, -0.15) is 13.2 Å². The molecule has 2 aromatic carbocycles. The van der Waals surface area contributed by atoms with Gasteiger partial charge in [-0.1, -0.05) is 23.7 Å². The predicted octanol–water partition coefficient (Wildman–Crippen LogP) is 5.61. The van der Waals surface area contributed by atoms with Crippen molar-refractivity contribution in [3.8, 4) is 5.75 Å². The van der Waals surface area contributed by atoms with Gasteiger partial charge in [0.1, 0.15) is 5.75 Å². The van der Waals surface area contributed by atoms with E-state index in [2.05, 4.69) is 0 Å². The van der Waals surface area contributed by atoms with Gasteiger partial charge in [0.05, 0.1) is 28.3 Å². The number of halogens is 4. The predicted molar refractivity (Wildman–Crippen MR) is 97.9 cm³/mol. The minimum absolute atomic E-state index is 0.105. The van der Waals surface area contributed by atoms with E-state index in [-0.39, 0.29) is 10.6 Å². The van der Waals surface area contributed by atoms with Crippen molar-refractivity contribution in [2.45, 2.75) is 6.18 Å². The van der Waals surface area contributed by atoms with Gasteiger partial charge in [-0.3, -0.25) is 9.59 Å². The zero-order valence-corrected chi connectivity index (χ0v) is 15.3. The molecule has 1 heterocycles. The van der Waals surface area contributed by atoms with E-state index in [0.717, 1.165) is 6.07 Å². The van der Waals surface area contributed by atoms with Gasteiger partial charge in [-0.25, -0.2) is 4.90 Å². The third kappa shape index (κ3) is 3.96. The Morgan fingerprint density at radius 3 is 2.37 bits per heavy atom. The summed E-state index contributed by atoms with van der Waals surface area (Å²) in [5.74, 6) is -0.0719. The Morgan fingerprint density at radius 1 is 1.11 bits per heavy atom. The highest BCUT2D eigenvalue weighted by atomic mass is 35.5. The number of ether oxygens (including phenoxy) is 1. The number of alkyl halides is 3. The summed E-state index contributed by atoms with van der Waals surface area (Å²) in [6.45, 7) is 0. The number of anilines is 1. The van der Waals surface area contributed by atoms with Crippen LogP contribution in [0.3, 0.4) is 0 Å². The first kappa shape index (κ1) is 19.3. The number of imide groups is 1. The number of methoxy groups -OCH3 is 1. The quantitative estimate of drug-likeness (QED) is 0.614. The van der Waals surface area contributed by atoms with Crippen molar-refractivity contribution in [3.05, 3.63) is 63.5 Å². The molecule has 0 atom stereocenters. The van der Waals surface area contributed by atoms with Gasteiger partial charge in [-0.15, -0.1) is 0 Å². The number of rotatable bonds is 3. The highest BCUT2D eigenvalue weighted by Crippen LogP contribution is 2.40. The lowest BCUT2D eigenvalue weighted by molar-refractivity contribution is -0.137. The van der Waals surface area contributed by atoms with E-state index in [4.69, 9.17) is 16.3 Å². The summed E-state index contributed by atoms with van der Waals surface area (Å²) >= 11 is 6.24. The van der Waals surface area contributed by atoms with Gasteiger partial charge >= 0.3 is 6.18 Å². The van der Waals surface area contributed by atoms with E-state index < -0.39 is 27.9 Å². The Hall–Kier alpha value is -2.45. The average molecular weight is 414 g/mol. The van der Waals surface area contributed by atoms with Crippen LogP contribution in [-0.4, -0.2) is 18.3 Å².